The first-order valence-electron chi connectivity index (χ1n) is 8.94. The molecule has 3 rings (SSSR count). The minimum atomic E-state index is -0.440. The van der Waals surface area contributed by atoms with Crippen molar-refractivity contribution in [2.75, 3.05) is 7.11 Å². The predicted octanol–water partition coefficient (Wildman–Crippen LogP) is 6.55. The van der Waals surface area contributed by atoms with E-state index in [-0.39, 0.29) is 11.1 Å². The lowest BCUT2D eigenvalue weighted by Gasteiger charge is -2.14. The molecule has 0 saturated carbocycles. The fraction of sp³-hybridized carbons (Fsp3) is 0.125. The number of allylic oxidation sites excluding steroid dienone is 1. The first-order chi connectivity index (χ1) is 14.0. The van der Waals surface area contributed by atoms with Crippen LogP contribution in [0.1, 0.15) is 22.3 Å². The third-order valence-corrected chi connectivity index (χ3v) is 4.94. The van der Waals surface area contributed by atoms with Crippen molar-refractivity contribution >= 4 is 27.6 Å². The van der Waals surface area contributed by atoms with Crippen LogP contribution in [0.15, 0.2) is 65.1 Å². The number of benzene rings is 3. The van der Waals surface area contributed by atoms with Crippen LogP contribution in [-0.2, 0) is 6.61 Å². The Labute approximate surface area is 178 Å². The number of methoxy groups -OCH3 is 1. The molecule has 3 nitrogen and oxygen atoms in total. The van der Waals surface area contributed by atoms with Crippen molar-refractivity contribution in [3.8, 4) is 17.6 Å². The van der Waals surface area contributed by atoms with Crippen molar-refractivity contribution in [2.45, 2.75) is 13.5 Å². The zero-order chi connectivity index (χ0) is 20.8. The van der Waals surface area contributed by atoms with Crippen molar-refractivity contribution in [1.29, 1.82) is 5.26 Å². The number of hydrogen-bond donors (Lipinski definition) is 0. The monoisotopic (exact) mass is 451 g/mol. The highest BCUT2D eigenvalue weighted by Crippen LogP contribution is 2.38. The summed E-state index contributed by atoms with van der Waals surface area (Å²) in [5.41, 5.74) is 3.40. The number of nitriles is 1. The number of ether oxygens (including phenoxy) is 2. The molecule has 0 aliphatic carbocycles. The Kier molecular flexibility index (Phi) is 6.69. The van der Waals surface area contributed by atoms with E-state index < -0.39 is 5.82 Å². The summed E-state index contributed by atoms with van der Waals surface area (Å²) in [6, 6.07) is 19.9. The molecule has 0 spiro atoms. The number of halogens is 2. The molecule has 0 radical (unpaired) electrons. The van der Waals surface area contributed by atoms with Gasteiger partial charge in [-0.3, -0.25) is 0 Å². The lowest BCUT2D eigenvalue weighted by Crippen LogP contribution is -1.99. The minimum absolute atomic E-state index is 0.227. The smallest absolute Gasteiger partial charge is 0.175 e. The number of aryl methyl sites for hydroxylation is 1. The summed E-state index contributed by atoms with van der Waals surface area (Å²) in [7, 11) is 1.55. The highest BCUT2D eigenvalue weighted by molar-refractivity contribution is 9.10. The molecular weight excluding hydrogens is 433 g/mol. The Bertz CT molecular complexity index is 1090. The molecule has 146 valence electrons. The van der Waals surface area contributed by atoms with Gasteiger partial charge in [0.05, 0.1) is 23.2 Å². The SMILES string of the molecule is COc1cc(C=C(C#N)c2ccccc2F)cc(Br)c1OCc1ccc(C)cc1. The Balaban J connectivity index is 1.90. The molecular formula is C24H19BrFNO2. The second kappa shape index (κ2) is 9.40. The van der Waals surface area contributed by atoms with E-state index in [2.05, 4.69) is 22.0 Å². The first kappa shape index (κ1) is 20.6. The second-order valence-corrected chi connectivity index (χ2v) is 7.31. The van der Waals surface area contributed by atoms with Crippen molar-refractivity contribution in [2.24, 2.45) is 0 Å². The van der Waals surface area contributed by atoms with Gasteiger partial charge in [0, 0.05) is 5.56 Å². The van der Waals surface area contributed by atoms with Crippen molar-refractivity contribution in [3.05, 3.63) is 93.2 Å². The zero-order valence-corrected chi connectivity index (χ0v) is 17.7. The van der Waals surface area contributed by atoms with E-state index in [1.807, 2.05) is 37.3 Å². The maximum absolute atomic E-state index is 14.1. The summed E-state index contributed by atoms with van der Waals surface area (Å²) in [5, 5.41) is 9.49. The molecule has 0 aromatic heterocycles. The van der Waals surface area contributed by atoms with Crippen LogP contribution in [0.5, 0.6) is 11.5 Å². The minimum Gasteiger partial charge on any atom is -0.493 e. The molecule has 0 fully saturated rings. The maximum Gasteiger partial charge on any atom is 0.175 e. The van der Waals surface area contributed by atoms with Crippen LogP contribution in [-0.4, -0.2) is 7.11 Å². The van der Waals surface area contributed by atoms with Crippen LogP contribution in [0.4, 0.5) is 4.39 Å². The lowest BCUT2D eigenvalue weighted by atomic mass is 10.0. The molecule has 3 aromatic carbocycles. The first-order valence-corrected chi connectivity index (χ1v) is 9.73. The largest absolute Gasteiger partial charge is 0.493 e. The molecule has 29 heavy (non-hydrogen) atoms. The highest BCUT2D eigenvalue weighted by atomic mass is 79.9. The standard InChI is InChI=1S/C24H19BrFNO2/c1-16-7-9-17(10-8-16)15-29-24-21(25)12-18(13-23(24)28-2)11-19(14-27)20-5-3-4-6-22(20)26/h3-13H,15H2,1-2H3. The van der Waals surface area contributed by atoms with Gasteiger partial charge in [-0.25, -0.2) is 4.39 Å². The summed E-state index contributed by atoms with van der Waals surface area (Å²) in [6.07, 6.45) is 1.62. The Hall–Kier alpha value is -3.10. The summed E-state index contributed by atoms with van der Waals surface area (Å²) in [6.45, 7) is 2.43. The molecule has 0 atom stereocenters. The molecule has 5 heteroatoms. The summed E-state index contributed by atoms with van der Waals surface area (Å²) < 4.78 is 26.2. The Morgan fingerprint density at radius 3 is 2.52 bits per heavy atom. The van der Waals surface area contributed by atoms with Crippen LogP contribution in [0.25, 0.3) is 11.6 Å². The van der Waals surface area contributed by atoms with Gasteiger partial charge in [0.15, 0.2) is 11.5 Å². The molecule has 0 amide bonds. The summed E-state index contributed by atoms with van der Waals surface area (Å²) >= 11 is 3.52. The number of rotatable bonds is 6. The summed E-state index contributed by atoms with van der Waals surface area (Å²) in [5.74, 6) is 0.641. The van der Waals surface area contributed by atoms with E-state index in [1.54, 1.807) is 37.5 Å². The van der Waals surface area contributed by atoms with Crippen LogP contribution < -0.4 is 9.47 Å². The Morgan fingerprint density at radius 2 is 1.86 bits per heavy atom. The fourth-order valence-corrected chi connectivity index (χ4v) is 3.39. The fourth-order valence-electron chi connectivity index (χ4n) is 2.82. The summed E-state index contributed by atoms with van der Waals surface area (Å²) in [4.78, 5) is 0. The average Bonchev–Trinajstić information content (AvgIpc) is 2.72. The normalized spacial score (nSPS) is 11.1. The zero-order valence-electron chi connectivity index (χ0n) is 16.1. The van der Waals surface area contributed by atoms with E-state index in [1.165, 1.54) is 11.6 Å². The molecule has 0 aliphatic rings. The predicted molar refractivity (Wildman–Crippen MR) is 116 cm³/mol. The molecule has 0 aliphatic heterocycles. The third kappa shape index (κ3) is 5.04. The van der Waals surface area contributed by atoms with Crippen molar-refractivity contribution < 1.29 is 13.9 Å². The van der Waals surface area contributed by atoms with E-state index in [4.69, 9.17) is 9.47 Å². The van der Waals surface area contributed by atoms with Gasteiger partial charge in [0.2, 0.25) is 0 Å². The molecule has 3 aromatic rings. The molecule has 0 unspecified atom stereocenters. The highest BCUT2D eigenvalue weighted by Gasteiger charge is 2.13. The van der Waals surface area contributed by atoms with Gasteiger partial charge in [-0.15, -0.1) is 0 Å². The number of nitrogens with zero attached hydrogens (tertiary/aromatic N) is 1. The average molecular weight is 452 g/mol. The van der Waals surface area contributed by atoms with Gasteiger partial charge in [0.1, 0.15) is 12.4 Å². The molecule has 0 bridgehead atoms. The van der Waals surface area contributed by atoms with Gasteiger partial charge in [0.25, 0.3) is 0 Å². The van der Waals surface area contributed by atoms with Crippen LogP contribution in [0, 0.1) is 24.1 Å². The Morgan fingerprint density at radius 1 is 1.14 bits per heavy atom. The van der Waals surface area contributed by atoms with E-state index in [0.717, 1.165) is 5.56 Å². The maximum atomic E-state index is 14.1. The molecule has 0 heterocycles. The van der Waals surface area contributed by atoms with Crippen molar-refractivity contribution in [3.63, 3.8) is 0 Å². The van der Waals surface area contributed by atoms with Gasteiger partial charge >= 0.3 is 0 Å². The van der Waals surface area contributed by atoms with E-state index in [0.29, 0.717) is 28.1 Å². The van der Waals surface area contributed by atoms with Gasteiger partial charge in [-0.1, -0.05) is 48.0 Å². The molecule has 0 saturated heterocycles. The van der Waals surface area contributed by atoms with Gasteiger partial charge in [-0.2, -0.15) is 5.26 Å². The molecule has 0 N–H and O–H groups in total. The third-order valence-electron chi connectivity index (χ3n) is 4.35. The van der Waals surface area contributed by atoms with Gasteiger partial charge < -0.3 is 9.47 Å². The van der Waals surface area contributed by atoms with E-state index in [9.17, 15) is 9.65 Å². The van der Waals surface area contributed by atoms with Gasteiger partial charge in [-0.05, 0) is 58.3 Å². The quantitative estimate of drug-likeness (QED) is 0.315. The van der Waals surface area contributed by atoms with E-state index >= 15 is 0 Å². The topological polar surface area (TPSA) is 42.2 Å². The number of hydrogen-bond acceptors (Lipinski definition) is 3. The van der Waals surface area contributed by atoms with Crippen LogP contribution >= 0.6 is 15.9 Å². The van der Waals surface area contributed by atoms with Crippen molar-refractivity contribution in [1.82, 2.24) is 0 Å². The van der Waals surface area contributed by atoms with Crippen LogP contribution in [0.2, 0.25) is 0 Å². The second-order valence-electron chi connectivity index (χ2n) is 6.46. The van der Waals surface area contributed by atoms with Crippen LogP contribution in [0.3, 0.4) is 0 Å². The lowest BCUT2D eigenvalue weighted by molar-refractivity contribution is 0.282.